The van der Waals surface area contributed by atoms with Gasteiger partial charge in [-0.1, -0.05) is 19.8 Å². The van der Waals surface area contributed by atoms with E-state index in [9.17, 15) is 5.11 Å². The molecule has 0 radical (unpaired) electrons. The third-order valence-electron chi connectivity index (χ3n) is 3.47. The first-order valence-electron chi connectivity index (χ1n) is 6.52. The van der Waals surface area contributed by atoms with Gasteiger partial charge in [0.1, 0.15) is 0 Å². The highest BCUT2D eigenvalue weighted by atomic mass is 16.3. The molecule has 0 bridgehead atoms. The van der Waals surface area contributed by atoms with Crippen molar-refractivity contribution >= 4 is 0 Å². The molecular weight excluding hydrogens is 200 g/mol. The third-order valence-corrected chi connectivity index (χ3v) is 3.47. The third kappa shape index (κ3) is 3.77. The Morgan fingerprint density at radius 2 is 2.19 bits per heavy atom. The van der Waals surface area contributed by atoms with Gasteiger partial charge < -0.3 is 5.11 Å². The monoisotopic (exact) mass is 224 g/mol. The number of aliphatic hydroxyl groups is 1. The summed E-state index contributed by atoms with van der Waals surface area (Å²) in [6.07, 6.45) is 6.23. The topological polar surface area (TPSA) is 47.3 Å². The molecule has 1 N–H and O–H groups in total. The molecule has 0 aliphatic carbocycles. The lowest BCUT2D eigenvalue weighted by molar-refractivity contribution is 0.0966. The Kier molecular flexibility index (Phi) is 5.79. The lowest BCUT2D eigenvalue weighted by Gasteiger charge is -2.33. The van der Waals surface area contributed by atoms with Crippen LogP contribution in [0.4, 0.5) is 0 Å². The van der Waals surface area contributed by atoms with E-state index in [4.69, 9.17) is 5.26 Å². The summed E-state index contributed by atoms with van der Waals surface area (Å²) >= 11 is 0. The first-order chi connectivity index (χ1) is 7.69. The molecule has 3 nitrogen and oxygen atoms in total. The van der Waals surface area contributed by atoms with Gasteiger partial charge in [-0.2, -0.15) is 5.26 Å². The van der Waals surface area contributed by atoms with E-state index in [-0.39, 0.29) is 12.1 Å². The summed E-state index contributed by atoms with van der Waals surface area (Å²) in [5, 5.41) is 18.7. The Hall–Kier alpha value is -0.590. The smallest absolute Gasteiger partial charge is 0.0977 e. The van der Waals surface area contributed by atoms with E-state index in [1.165, 1.54) is 19.3 Å². The average Bonchev–Trinajstić information content (AvgIpc) is 2.46. The normalized spacial score (nSPS) is 26.8. The van der Waals surface area contributed by atoms with Gasteiger partial charge in [0, 0.05) is 6.04 Å². The van der Waals surface area contributed by atoms with Crippen molar-refractivity contribution < 1.29 is 5.11 Å². The molecule has 0 saturated carbocycles. The maximum Gasteiger partial charge on any atom is 0.0977 e. The molecule has 1 aliphatic rings. The molecule has 3 unspecified atom stereocenters. The van der Waals surface area contributed by atoms with E-state index in [2.05, 4.69) is 17.9 Å². The minimum absolute atomic E-state index is 0.0295. The van der Waals surface area contributed by atoms with Crippen LogP contribution in [0, 0.1) is 11.3 Å². The van der Waals surface area contributed by atoms with Gasteiger partial charge in [-0.15, -0.1) is 0 Å². The predicted molar refractivity (Wildman–Crippen MR) is 65.0 cm³/mol. The Labute approximate surface area is 99.1 Å². The van der Waals surface area contributed by atoms with E-state index in [1.54, 1.807) is 0 Å². The molecule has 0 amide bonds. The van der Waals surface area contributed by atoms with Crippen molar-refractivity contribution in [1.29, 1.82) is 5.26 Å². The van der Waals surface area contributed by atoms with Gasteiger partial charge in [0.15, 0.2) is 0 Å². The van der Waals surface area contributed by atoms with Gasteiger partial charge in [0.05, 0.1) is 18.2 Å². The molecule has 1 rings (SSSR count). The summed E-state index contributed by atoms with van der Waals surface area (Å²) < 4.78 is 0. The van der Waals surface area contributed by atoms with Crippen LogP contribution in [0.5, 0.6) is 0 Å². The van der Waals surface area contributed by atoms with Gasteiger partial charge in [-0.3, -0.25) is 4.90 Å². The van der Waals surface area contributed by atoms with Crippen LogP contribution >= 0.6 is 0 Å². The van der Waals surface area contributed by atoms with Gasteiger partial charge in [0.25, 0.3) is 0 Å². The Balaban J connectivity index is 2.69. The van der Waals surface area contributed by atoms with Crippen LogP contribution in [-0.4, -0.2) is 34.7 Å². The number of nitriles is 1. The number of hydrogen-bond donors (Lipinski definition) is 1. The van der Waals surface area contributed by atoms with Crippen LogP contribution in [0.15, 0.2) is 0 Å². The minimum atomic E-state index is -0.262. The number of aliphatic hydroxyl groups excluding tert-OH is 1. The van der Waals surface area contributed by atoms with Crippen LogP contribution in [-0.2, 0) is 0 Å². The second kappa shape index (κ2) is 6.88. The zero-order valence-corrected chi connectivity index (χ0v) is 10.5. The van der Waals surface area contributed by atoms with Crippen molar-refractivity contribution in [3.63, 3.8) is 0 Å². The van der Waals surface area contributed by atoms with E-state index in [1.807, 2.05) is 6.92 Å². The summed E-state index contributed by atoms with van der Waals surface area (Å²) in [5.41, 5.74) is 0. The first kappa shape index (κ1) is 13.5. The zero-order valence-electron chi connectivity index (χ0n) is 10.5. The molecule has 1 aliphatic heterocycles. The van der Waals surface area contributed by atoms with E-state index < -0.39 is 0 Å². The Morgan fingerprint density at radius 3 is 2.75 bits per heavy atom. The summed E-state index contributed by atoms with van der Waals surface area (Å²) in [6.45, 7) is 4.93. The zero-order chi connectivity index (χ0) is 12.0. The highest BCUT2D eigenvalue weighted by molar-refractivity contribution is 4.94. The first-order valence-corrected chi connectivity index (χ1v) is 6.52. The fraction of sp³-hybridized carbons (Fsp3) is 0.923. The van der Waals surface area contributed by atoms with Gasteiger partial charge >= 0.3 is 0 Å². The van der Waals surface area contributed by atoms with Gasteiger partial charge in [-0.05, 0) is 39.2 Å². The van der Waals surface area contributed by atoms with Crippen LogP contribution in [0.2, 0.25) is 0 Å². The van der Waals surface area contributed by atoms with E-state index in [0.717, 1.165) is 25.8 Å². The quantitative estimate of drug-likeness (QED) is 0.797. The average molecular weight is 224 g/mol. The molecule has 3 atom stereocenters. The van der Waals surface area contributed by atoms with E-state index >= 15 is 0 Å². The molecule has 0 spiro atoms. The maximum atomic E-state index is 9.53. The lowest BCUT2D eigenvalue weighted by Crippen LogP contribution is -2.43. The fourth-order valence-corrected chi connectivity index (χ4v) is 2.66. The molecule has 92 valence electrons. The number of hydrogen-bond acceptors (Lipinski definition) is 3. The fourth-order valence-electron chi connectivity index (χ4n) is 2.66. The van der Waals surface area contributed by atoms with Crippen molar-refractivity contribution in [3.8, 4) is 6.07 Å². The summed E-state index contributed by atoms with van der Waals surface area (Å²) in [6, 6.07) is 2.82. The van der Waals surface area contributed by atoms with Gasteiger partial charge in [0.2, 0.25) is 0 Å². The van der Waals surface area contributed by atoms with E-state index in [0.29, 0.717) is 6.04 Å². The molecule has 1 fully saturated rings. The van der Waals surface area contributed by atoms with Gasteiger partial charge in [-0.25, -0.2) is 0 Å². The second-order valence-electron chi connectivity index (χ2n) is 4.88. The van der Waals surface area contributed by atoms with Crippen LogP contribution in [0.25, 0.3) is 0 Å². The van der Waals surface area contributed by atoms with Crippen LogP contribution < -0.4 is 0 Å². The van der Waals surface area contributed by atoms with Crippen molar-refractivity contribution in [2.75, 3.05) is 6.54 Å². The molecule has 0 aromatic heterocycles. The van der Waals surface area contributed by atoms with Crippen molar-refractivity contribution in [1.82, 2.24) is 4.90 Å². The summed E-state index contributed by atoms with van der Waals surface area (Å²) in [4.78, 5) is 2.32. The Bertz CT molecular complexity index is 235. The predicted octanol–water partition coefficient (Wildman–Crippen LogP) is 2.30. The number of rotatable bonds is 4. The highest BCUT2D eigenvalue weighted by Gasteiger charge is 2.27. The van der Waals surface area contributed by atoms with Crippen molar-refractivity contribution in [2.24, 2.45) is 0 Å². The lowest BCUT2D eigenvalue weighted by atomic mass is 10.0. The minimum Gasteiger partial charge on any atom is -0.393 e. The largest absolute Gasteiger partial charge is 0.393 e. The maximum absolute atomic E-state index is 9.53. The molecule has 1 saturated heterocycles. The van der Waals surface area contributed by atoms with Crippen LogP contribution in [0.1, 0.15) is 52.4 Å². The molecule has 16 heavy (non-hydrogen) atoms. The highest BCUT2D eigenvalue weighted by Crippen LogP contribution is 2.23. The molecular formula is C13H24N2O. The molecule has 1 heterocycles. The SMILES string of the molecule is CCC(C#N)N1CCCCCC1CC(C)O. The second-order valence-corrected chi connectivity index (χ2v) is 4.88. The van der Waals surface area contributed by atoms with Crippen LogP contribution in [0.3, 0.4) is 0 Å². The summed E-state index contributed by atoms with van der Waals surface area (Å²) in [5.74, 6) is 0. The molecule has 3 heteroatoms. The molecule has 0 aromatic carbocycles. The Morgan fingerprint density at radius 1 is 1.44 bits per heavy atom. The number of likely N-dealkylation sites (tertiary alicyclic amines) is 1. The molecule has 0 aromatic rings. The van der Waals surface area contributed by atoms with Crippen molar-refractivity contribution in [2.45, 2.75) is 70.6 Å². The standard InChI is InChI=1S/C13H24N2O/c1-3-12(10-14)15-8-6-4-5-7-13(15)9-11(2)16/h11-13,16H,3-9H2,1-2H3. The summed E-state index contributed by atoms with van der Waals surface area (Å²) in [7, 11) is 0. The number of nitrogens with zero attached hydrogens (tertiary/aromatic N) is 2. The van der Waals surface area contributed by atoms with Crippen molar-refractivity contribution in [3.05, 3.63) is 0 Å².